The van der Waals surface area contributed by atoms with E-state index in [9.17, 15) is 13.2 Å². The van der Waals surface area contributed by atoms with Gasteiger partial charge in [-0.3, -0.25) is 9.52 Å². The lowest BCUT2D eigenvalue weighted by molar-refractivity contribution is -0.123. The van der Waals surface area contributed by atoms with Gasteiger partial charge in [-0.15, -0.1) is 0 Å². The molecule has 3 aromatic rings. The molecule has 0 aliphatic heterocycles. The van der Waals surface area contributed by atoms with Gasteiger partial charge in [-0.2, -0.15) is 0 Å². The number of anilines is 1. The number of nitrogens with one attached hydrogen (secondary N) is 2. The highest BCUT2D eigenvalue weighted by Gasteiger charge is 2.17. The molecule has 0 saturated carbocycles. The van der Waals surface area contributed by atoms with Gasteiger partial charge in [0.2, 0.25) is 0 Å². The molecule has 6 nitrogen and oxygen atoms in total. The smallest absolute Gasteiger partial charge is 0.261 e. The van der Waals surface area contributed by atoms with Crippen molar-refractivity contribution in [2.45, 2.75) is 45.6 Å². The van der Waals surface area contributed by atoms with Crippen molar-refractivity contribution in [2.75, 3.05) is 11.3 Å². The van der Waals surface area contributed by atoms with Gasteiger partial charge in [-0.1, -0.05) is 23.7 Å². The van der Waals surface area contributed by atoms with Crippen LogP contribution in [-0.4, -0.2) is 20.9 Å². The number of hydrogen-bond acceptors (Lipinski definition) is 4. The average Bonchev–Trinajstić information content (AvgIpc) is 2.76. The summed E-state index contributed by atoms with van der Waals surface area (Å²) in [4.78, 5) is 12.6. The Kier molecular flexibility index (Phi) is 7.89. The van der Waals surface area contributed by atoms with E-state index in [2.05, 4.69) is 29.1 Å². The Morgan fingerprint density at radius 2 is 1.56 bits per heavy atom. The van der Waals surface area contributed by atoms with E-state index < -0.39 is 10.0 Å². The van der Waals surface area contributed by atoms with Gasteiger partial charge < -0.3 is 10.1 Å². The zero-order chi connectivity index (χ0) is 25.0. The van der Waals surface area contributed by atoms with E-state index in [0.29, 0.717) is 22.0 Å². The van der Waals surface area contributed by atoms with Gasteiger partial charge in [0.25, 0.3) is 15.9 Å². The number of ether oxygens (including phenoxy) is 1. The van der Waals surface area contributed by atoms with E-state index in [1.165, 1.54) is 23.3 Å². The SMILES string of the molecule is Cc1cc(C)c([C@@H](C)NC(=O)COc2ccc(S(=O)(=O)Nc3ccc(Cl)cc3)cc2C)cc1C. The van der Waals surface area contributed by atoms with Crippen molar-refractivity contribution in [3.05, 3.63) is 87.4 Å². The van der Waals surface area contributed by atoms with E-state index in [1.54, 1.807) is 37.3 Å². The molecule has 0 aliphatic rings. The monoisotopic (exact) mass is 500 g/mol. The number of hydrogen-bond donors (Lipinski definition) is 2. The molecule has 1 atom stereocenters. The molecule has 1 amide bonds. The highest BCUT2D eigenvalue weighted by Crippen LogP contribution is 2.25. The lowest BCUT2D eigenvalue weighted by Crippen LogP contribution is -2.31. The Hall–Kier alpha value is -3.03. The first-order valence-corrected chi connectivity index (χ1v) is 12.7. The number of sulfonamides is 1. The first-order chi connectivity index (χ1) is 16.0. The van der Waals surface area contributed by atoms with E-state index in [-0.39, 0.29) is 23.5 Å². The lowest BCUT2D eigenvalue weighted by atomic mass is 9.96. The number of rotatable bonds is 8. The third-order valence-corrected chi connectivity index (χ3v) is 7.27. The fourth-order valence-corrected chi connectivity index (χ4v) is 4.91. The molecule has 0 unspecified atom stereocenters. The van der Waals surface area contributed by atoms with Gasteiger partial charge in [0.15, 0.2) is 6.61 Å². The van der Waals surface area contributed by atoms with Crippen LogP contribution >= 0.6 is 11.6 Å². The Balaban J connectivity index is 1.62. The van der Waals surface area contributed by atoms with Gasteiger partial charge in [0.05, 0.1) is 10.9 Å². The number of aryl methyl sites for hydroxylation is 4. The summed E-state index contributed by atoms with van der Waals surface area (Å²) in [5, 5.41) is 3.48. The summed E-state index contributed by atoms with van der Waals surface area (Å²) < 4.78 is 33.6. The van der Waals surface area contributed by atoms with Crippen LogP contribution in [0.5, 0.6) is 5.75 Å². The first kappa shape index (κ1) is 25.6. The van der Waals surface area contributed by atoms with E-state index in [0.717, 1.165) is 11.1 Å². The van der Waals surface area contributed by atoms with Gasteiger partial charge >= 0.3 is 0 Å². The maximum Gasteiger partial charge on any atom is 0.261 e. The summed E-state index contributed by atoms with van der Waals surface area (Å²) in [6.07, 6.45) is 0. The molecule has 3 rings (SSSR count). The van der Waals surface area contributed by atoms with Gasteiger partial charge in [-0.05, 0) is 105 Å². The molecule has 0 fully saturated rings. The third-order valence-electron chi connectivity index (χ3n) is 5.64. The van der Waals surface area contributed by atoms with Crippen molar-refractivity contribution in [1.29, 1.82) is 0 Å². The zero-order valence-corrected chi connectivity index (χ0v) is 21.5. The fraction of sp³-hybridized carbons (Fsp3) is 0.269. The Bertz CT molecular complexity index is 1310. The van der Waals surface area contributed by atoms with Crippen LogP contribution in [0.3, 0.4) is 0 Å². The molecule has 8 heteroatoms. The molecule has 0 bridgehead atoms. The maximum atomic E-state index is 12.7. The number of halogens is 1. The lowest BCUT2D eigenvalue weighted by Gasteiger charge is -2.19. The Labute approximate surface area is 206 Å². The van der Waals surface area contributed by atoms with Crippen LogP contribution in [0.25, 0.3) is 0 Å². The molecule has 0 heterocycles. The van der Waals surface area contributed by atoms with Crippen LogP contribution < -0.4 is 14.8 Å². The largest absolute Gasteiger partial charge is 0.484 e. The van der Waals surface area contributed by atoms with Gasteiger partial charge in [-0.25, -0.2) is 8.42 Å². The summed E-state index contributed by atoms with van der Waals surface area (Å²) >= 11 is 5.85. The van der Waals surface area contributed by atoms with Gasteiger partial charge in [0, 0.05) is 10.7 Å². The summed E-state index contributed by atoms with van der Waals surface area (Å²) in [6.45, 7) is 9.64. The molecule has 0 radical (unpaired) electrons. The molecule has 3 aromatic carbocycles. The molecule has 34 heavy (non-hydrogen) atoms. The second kappa shape index (κ2) is 10.5. The predicted octanol–water partition coefficient (Wildman–Crippen LogP) is 5.63. The Morgan fingerprint density at radius 1 is 0.912 bits per heavy atom. The van der Waals surface area contributed by atoms with Crippen LogP contribution in [0.1, 0.15) is 40.8 Å². The molecule has 0 saturated heterocycles. The highest BCUT2D eigenvalue weighted by atomic mass is 35.5. The molecule has 0 aromatic heterocycles. The molecular weight excluding hydrogens is 472 g/mol. The van der Waals surface area contributed by atoms with Crippen molar-refractivity contribution >= 4 is 33.2 Å². The van der Waals surface area contributed by atoms with E-state index >= 15 is 0 Å². The minimum atomic E-state index is -3.78. The quantitative estimate of drug-likeness (QED) is 0.419. The van der Waals surface area contributed by atoms with Crippen LogP contribution in [0, 0.1) is 27.7 Å². The third kappa shape index (κ3) is 6.30. The zero-order valence-electron chi connectivity index (χ0n) is 19.9. The van der Waals surface area contributed by atoms with Crippen molar-refractivity contribution in [2.24, 2.45) is 0 Å². The van der Waals surface area contributed by atoms with Crippen molar-refractivity contribution in [3.8, 4) is 5.75 Å². The molecular formula is C26H29ClN2O4S. The van der Waals surface area contributed by atoms with E-state index in [1.807, 2.05) is 20.8 Å². The molecule has 180 valence electrons. The molecule has 0 aliphatic carbocycles. The van der Waals surface area contributed by atoms with Crippen LogP contribution in [-0.2, 0) is 14.8 Å². The molecule has 0 spiro atoms. The van der Waals surface area contributed by atoms with Crippen LogP contribution in [0.15, 0.2) is 59.5 Å². The standard InChI is InChI=1S/C26H29ClN2O4S/c1-16-12-18(3)24(14-17(16)2)20(5)28-26(30)15-33-25-11-10-23(13-19(25)4)34(31,32)29-22-8-6-21(27)7-9-22/h6-14,20,29H,15H2,1-5H3,(H,28,30)/t20-/m1/s1. The normalized spacial score (nSPS) is 12.2. The van der Waals surface area contributed by atoms with Crippen molar-refractivity contribution < 1.29 is 17.9 Å². The van der Waals surface area contributed by atoms with Crippen LogP contribution in [0.2, 0.25) is 5.02 Å². The highest BCUT2D eigenvalue weighted by molar-refractivity contribution is 7.92. The van der Waals surface area contributed by atoms with Crippen molar-refractivity contribution in [1.82, 2.24) is 5.32 Å². The second-order valence-corrected chi connectivity index (χ2v) is 10.5. The predicted molar refractivity (Wildman–Crippen MR) is 136 cm³/mol. The number of benzene rings is 3. The van der Waals surface area contributed by atoms with E-state index in [4.69, 9.17) is 16.3 Å². The minimum absolute atomic E-state index is 0.0931. The Morgan fingerprint density at radius 3 is 2.21 bits per heavy atom. The average molecular weight is 501 g/mol. The van der Waals surface area contributed by atoms with Crippen molar-refractivity contribution in [3.63, 3.8) is 0 Å². The topological polar surface area (TPSA) is 84.5 Å². The first-order valence-electron chi connectivity index (χ1n) is 10.8. The summed E-state index contributed by atoms with van der Waals surface area (Å²) in [5.74, 6) is 0.182. The maximum absolute atomic E-state index is 12.7. The summed E-state index contributed by atoms with van der Waals surface area (Å²) in [6, 6.07) is 14.9. The summed E-state index contributed by atoms with van der Waals surface area (Å²) in [7, 11) is -3.78. The minimum Gasteiger partial charge on any atom is -0.484 e. The second-order valence-electron chi connectivity index (χ2n) is 8.41. The number of carbonyl (C=O) groups excluding carboxylic acids is 1. The summed E-state index contributed by atoms with van der Waals surface area (Å²) in [5.41, 5.74) is 5.59. The number of amides is 1. The fourth-order valence-electron chi connectivity index (χ4n) is 3.64. The number of carbonyl (C=O) groups is 1. The van der Waals surface area contributed by atoms with Gasteiger partial charge in [0.1, 0.15) is 5.75 Å². The van der Waals surface area contributed by atoms with Crippen LogP contribution in [0.4, 0.5) is 5.69 Å². The molecule has 2 N–H and O–H groups in total.